The van der Waals surface area contributed by atoms with Crippen molar-refractivity contribution in [3.63, 3.8) is 0 Å². The molecule has 2 unspecified atom stereocenters. The minimum Gasteiger partial charge on any atom is -0.207 e. The molecule has 0 heterocycles. The van der Waals surface area contributed by atoms with Crippen molar-refractivity contribution in [2.75, 3.05) is 0 Å². The number of rotatable bonds is 3. The molecule has 0 N–H and O–H groups in total. The van der Waals surface area contributed by atoms with Gasteiger partial charge >= 0.3 is 0 Å². The molecule has 1 heteroatoms. The zero-order valence-corrected chi connectivity index (χ0v) is 8.83. The Bertz CT molecular complexity index is 317. The summed E-state index contributed by atoms with van der Waals surface area (Å²) >= 11 is 0. The maximum Gasteiger partial charge on any atom is 0.126 e. The fourth-order valence-corrected chi connectivity index (χ4v) is 2.27. The molecule has 2 atom stereocenters. The molecule has 0 aliphatic heterocycles. The second kappa shape index (κ2) is 3.72. The molecule has 76 valence electrons. The standard InChI is InChI=1S/C13H17F/c1-9(2)7-10-8-12(10)11-5-3-4-6-13(11)14/h3-6,9-10,12H,7-8H2,1-2H3. The molecule has 1 aromatic rings. The van der Waals surface area contributed by atoms with Crippen molar-refractivity contribution in [3.8, 4) is 0 Å². The van der Waals surface area contributed by atoms with E-state index < -0.39 is 0 Å². The van der Waals surface area contributed by atoms with Gasteiger partial charge in [0.1, 0.15) is 5.82 Å². The zero-order valence-electron chi connectivity index (χ0n) is 8.83. The Balaban J connectivity index is 2.03. The van der Waals surface area contributed by atoms with Crippen molar-refractivity contribution in [2.24, 2.45) is 11.8 Å². The fourth-order valence-electron chi connectivity index (χ4n) is 2.27. The summed E-state index contributed by atoms with van der Waals surface area (Å²) in [5, 5.41) is 0. The summed E-state index contributed by atoms with van der Waals surface area (Å²) < 4.78 is 13.4. The number of halogens is 1. The van der Waals surface area contributed by atoms with E-state index in [0.29, 0.717) is 5.92 Å². The van der Waals surface area contributed by atoms with Crippen LogP contribution in [-0.4, -0.2) is 0 Å². The Labute approximate surface area is 85.1 Å². The van der Waals surface area contributed by atoms with Gasteiger partial charge in [0.25, 0.3) is 0 Å². The highest BCUT2D eigenvalue weighted by atomic mass is 19.1. The number of benzene rings is 1. The summed E-state index contributed by atoms with van der Waals surface area (Å²) in [6.45, 7) is 4.47. The van der Waals surface area contributed by atoms with Gasteiger partial charge in [-0.2, -0.15) is 0 Å². The van der Waals surface area contributed by atoms with E-state index in [1.165, 1.54) is 12.8 Å². The van der Waals surface area contributed by atoms with Crippen LogP contribution < -0.4 is 0 Å². The lowest BCUT2D eigenvalue weighted by molar-refractivity contribution is 0.526. The van der Waals surface area contributed by atoms with Crippen LogP contribution >= 0.6 is 0 Å². The summed E-state index contributed by atoms with van der Waals surface area (Å²) in [6, 6.07) is 7.20. The highest BCUT2D eigenvalue weighted by Crippen LogP contribution is 2.51. The first-order valence-corrected chi connectivity index (χ1v) is 5.43. The van der Waals surface area contributed by atoms with Gasteiger partial charge in [-0.3, -0.25) is 0 Å². The van der Waals surface area contributed by atoms with Gasteiger partial charge in [0, 0.05) is 0 Å². The lowest BCUT2D eigenvalue weighted by Crippen LogP contribution is -1.92. The average molecular weight is 192 g/mol. The predicted molar refractivity (Wildman–Crippen MR) is 56.7 cm³/mol. The molecule has 0 nitrogen and oxygen atoms in total. The lowest BCUT2D eigenvalue weighted by atomic mass is 10.0. The minimum absolute atomic E-state index is 0.0243. The molecule has 0 bridgehead atoms. The predicted octanol–water partition coefficient (Wildman–Crippen LogP) is 3.98. The minimum atomic E-state index is -0.0243. The second-order valence-electron chi connectivity index (χ2n) is 4.75. The molecule has 1 aromatic carbocycles. The highest BCUT2D eigenvalue weighted by molar-refractivity contribution is 5.27. The lowest BCUT2D eigenvalue weighted by Gasteiger charge is -2.04. The van der Waals surface area contributed by atoms with Crippen LogP contribution in [0.15, 0.2) is 24.3 Å². The van der Waals surface area contributed by atoms with E-state index in [1.54, 1.807) is 12.1 Å². The third kappa shape index (κ3) is 1.97. The van der Waals surface area contributed by atoms with Crippen LogP contribution in [0.3, 0.4) is 0 Å². The van der Waals surface area contributed by atoms with Crippen LogP contribution in [0.2, 0.25) is 0 Å². The Morgan fingerprint density at radius 2 is 2.07 bits per heavy atom. The van der Waals surface area contributed by atoms with Crippen molar-refractivity contribution in [1.82, 2.24) is 0 Å². The summed E-state index contributed by atoms with van der Waals surface area (Å²) in [5.74, 6) is 1.94. The molecule has 1 aliphatic rings. The third-order valence-electron chi connectivity index (χ3n) is 3.00. The monoisotopic (exact) mass is 192 g/mol. The Kier molecular flexibility index (Phi) is 2.58. The summed E-state index contributed by atoms with van der Waals surface area (Å²) in [4.78, 5) is 0. The zero-order chi connectivity index (χ0) is 10.1. The quantitative estimate of drug-likeness (QED) is 0.679. The van der Waals surface area contributed by atoms with E-state index in [9.17, 15) is 4.39 Å². The van der Waals surface area contributed by atoms with Crippen LogP contribution in [0.4, 0.5) is 4.39 Å². The molecule has 0 saturated heterocycles. The van der Waals surface area contributed by atoms with Crippen LogP contribution in [0.25, 0.3) is 0 Å². The largest absolute Gasteiger partial charge is 0.207 e. The van der Waals surface area contributed by atoms with E-state index in [-0.39, 0.29) is 5.82 Å². The second-order valence-corrected chi connectivity index (χ2v) is 4.75. The van der Waals surface area contributed by atoms with E-state index in [4.69, 9.17) is 0 Å². The van der Waals surface area contributed by atoms with Crippen LogP contribution in [0, 0.1) is 17.7 Å². The molecule has 1 fully saturated rings. The van der Waals surface area contributed by atoms with Gasteiger partial charge in [-0.15, -0.1) is 0 Å². The van der Waals surface area contributed by atoms with Crippen LogP contribution in [0.1, 0.15) is 38.2 Å². The summed E-state index contributed by atoms with van der Waals surface area (Å²) in [7, 11) is 0. The maximum absolute atomic E-state index is 13.4. The van der Waals surface area contributed by atoms with Crippen molar-refractivity contribution in [2.45, 2.75) is 32.6 Å². The Hall–Kier alpha value is -0.850. The van der Waals surface area contributed by atoms with Gasteiger partial charge in [0.2, 0.25) is 0 Å². The maximum atomic E-state index is 13.4. The molecule has 14 heavy (non-hydrogen) atoms. The van der Waals surface area contributed by atoms with Crippen molar-refractivity contribution >= 4 is 0 Å². The van der Waals surface area contributed by atoms with Gasteiger partial charge in [-0.05, 0) is 42.2 Å². The smallest absolute Gasteiger partial charge is 0.126 e. The van der Waals surface area contributed by atoms with E-state index in [2.05, 4.69) is 13.8 Å². The topological polar surface area (TPSA) is 0 Å². The fraction of sp³-hybridized carbons (Fsp3) is 0.538. The average Bonchev–Trinajstić information content (AvgIpc) is 2.83. The van der Waals surface area contributed by atoms with Crippen molar-refractivity contribution < 1.29 is 4.39 Å². The molecule has 1 aliphatic carbocycles. The van der Waals surface area contributed by atoms with Crippen molar-refractivity contribution in [1.29, 1.82) is 0 Å². The number of hydrogen-bond acceptors (Lipinski definition) is 0. The van der Waals surface area contributed by atoms with Gasteiger partial charge < -0.3 is 0 Å². The van der Waals surface area contributed by atoms with Crippen molar-refractivity contribution in [3.05, 3.63) is 35.6 Å². The number of hydrogen-bond donors (Lipinski definition) is 0. The van der Waals surface area contributed by atoms with Gasteiger partial charge in [0.15, 0.2) is 0 Å². The van der Waals surface area contributed by atoms with E-state index in [0.717, 1.165) is 17.4 Å². The molecule has 0 radical (unpaired) electrons. The van der Waals surface area contributed by atoms with Gasteiger partial charge in [0.05, 0.1) is 0 Å². The SMILES string of the molecule is CC(C)CC1CC1c1ccccc1F. The summed E-state index contributed by atoms with van der Waals surface area (Å²) in [5.41, 5.74) is 0.929. The Morgan fingerprint density at radius 1 is 1.36 bits per heavy atom. The first-order valence-electron chi connectivity index (χ1n) is 5.43. The summed E-state index contributed by atoms with van der Waals surface area (Å²) in [6.07, 6.45) is 2.41. The van der Waals surface area contributed by atoms with Gasteiger partial charge in [-0.25, -0.2) is 4.39 Å². The molecule has 0 aromatic heterocycles. The Morgan fingerprint density at radius 3 is 2.71 bits per heavy atom. The van der Waals surface area contributed by atoms with E-state index in [1.807, 2.05) is 12.1 Å². The normalized spacial score (nSPS) is 25.4. The van der Waals surface area contributed by atoms with Crippen LogP contribution in [-0.2, 0) is 0 Å². The molecule has 0 amide bonds. The highest BCUT2D eigenvalue weighted by Gasteiger charge is 2.39. The first kappa shape index (κ1) is 9.70. The first-order chi connectivity index (χ1) is 6.68. The van der Waals surface area contributed by atoms with E-state index >= 15 is 0 Å². The molecular weight excluding hydrogens is 175 g/mol. The van der Waals surface area contributed by atoms with Gasteiger partial charge in [-0.1, -0.05) is 32.0 Å². The third-order valence-corrected chi connectivity index (χ3v) is 3.00. The molecule has 2 rings (SSSR count). The van der Waals surface area contributed by atoms with Crippen LogP contribution in [0.5, 0.6) is 0 Å². The molecule has 0 spiro atoms. The molecule has 1 saturated carbocycles. The molecular formula is C13H17F.